The molecule has 0 aromatic carbocycles. The maximum Gasteiger partial charge on any atom is 0.472 e. The molecule has 1 unspecified atom stereocenters. The Hall–Kier alpha value is -1.25. The lowest BCUT2D eigenvalue weighted by atomic mass is 10.0. The summed E-state index contributed by atoms with van der Waals surface area (Å²) < 4.78 is 34.4. The van der Waals surface area contributed by atoms with Gasteiger partial charge in [-0.15, -0.1) is 0 Å². The number of hydrogen-bond acceptors (Lipinski definition) is 7. The van der Waals surface area contributed by atoms with Gasteiger partial charge in [-0.2, -0.15) is 0 Å². The van der Waals surface area contributed by atoms with Crippen LogP contribution in [-0.4, -0.2) is 74.9 Å². The van der Waals surface area contributed by atoms with E-state index in [9.17, 15) is 19.0 Å². The van der Waals surface area contributed by atoms with E-state index in [1.165, 1.54) is 161 Å². The highest BCUT2D eigenvalue weighted by Crippen LogP contribution is 2.43. The third-order valence-electron chi connectivity index (χ3n) is 11.3. The van der Waals surface area contributed by atoms with Gasteiger partial charge < -0.3 is 18.9 Å². The lowest BCUT2D eigenvalue weighted by Crippen LogP contribution is -2.37. The minimum absolute atomic E-state index is 0.0338. The van der Waals surface area contributed by atoms with Crippen LogP contribution < -0.4 is 0 Å². The second kappa shape index (κ2) is 43.0. The summed E-state index contributed by atoms with van der Waals surface area (Å²) in [6.07, 6.45) is 46.9. The zero-order valence-electron chi connectivity index (χ0n) is 40.2. The first-order valence-corrected chi connectivity index (χ1v) is 26.9. The summed E-state index contributed by atoms with van der Waals surface area (Å²) in [5, 5.41) is 0. The summed E-state index contributed by atoms with van der Waals surface area (Å²) in [7, 11) is 1.49. The molecule has 0 rings (SSSR count). The molecule has 0 heterocycles. The molecule has 0 spiro atoms. The number of unbranched alkanes of at least 4 members (excludes halogenated alkanes) is 31. The predicted molar refractivity (Wildman–Crippen MR) is 252 cm³/mol. The molecule has 2 atom stereocenters. The average Bonchev–Trinajstić information content (AvgIpc) is 3.20. The molecule has 0 fully saturated rings. The van der Waals surface area contributed by atoms with Gasteiger partial charge in [-0.05, 0) is 38.5 Å². The lowest BCUT2D eigenvalue weighted by Gasteiger charge is -2.24. The zero-order valence-corrected chi connectivity index (χ0v) is 41.1. The fourth-order valence-electron chi connectivity index (χ4n) is 7.31. The Morgan fingerprint density at radius 3 is 1.23 bits per heavy atom. The molecular weight excluding hydrogens is 774 g/mol. The van der Waals surface area contributed by atoms with Gasteiger partial charge in [0, 0.05) is 12.8 Å². The summed E-state index contributed by atoms with van der Waals surface area (Å²) >= 11 is 0. The highest BCUT2D eigenvalue weighted by molar-refractivity contribution is 7.47. The van der Waals surface area contributed by atoms with Crippen LogP contribution in [0, 0.1) is 0 Å². The quantitative estimate of drug-likeness (QED) is 0.0212. The second-order valence-corrected chi connectivity index (χ2v) is 20.0. The molecule has 0 aliphatic rings. The molecule has 0 saturated heterocycles. The molecule has 0 bridgehead atoms. The van der Waals surface area contributed by atoms with E-state index in [0.29, 0.717) is 17.4 Å². The van der Waals surface area contributed by atoms with Crippen molar-refractivity contribution in [3.05, 3.63) is 12.2 Å². The molecule has 0 aliphatic heterocycles. The lowest BCUT2D eigenvalue weighted by molar-refractivity contribution is -0.870. The van der Waals surface area contributed by atoms with Crippen LogP contribution in [0.3, 0.4) is 0 Å². The molecule has 0 radical (unpaired) electrons. The SMILES string of the molecule is CCCCCCC/C=C/CCCCCCCC(=O)OC[C@H](COP(=O)(O)OCC[N+](C)(C)C)OC(=O)CCCCCCCCCCCCCCCCCCCCCCCC. The molecule has 0 aliphatic carbocycles. The molecule has 0 aromatic rings. The monoisotopic (exact) mass is 873 g/mol. The number of nitrogens with zero attached hydrogens (tertiary/aromatic N) is 1. The Balaban J connectivity index is 4.19. The van der Waals surface area contributed by atoms with Gasteiger partial charge >= 0.3 is 19.8 Å². The Bertz CT molecular complexity index is 1030. The number of esters is 2. The molecule has 0 amide bonds. The number of ether oxygens (including phenoxy) is 2. The van der Waals surface area contributed by atoms with Gasteiger partial charge in [-0.3, -0.25) is 18.6 Å². The van der Waals surface area contributed by atoms with Crippen molar-refractivity contribution in [2.45, 2.75) is 251 Å². The Kier molecular flexibility index (Phi) is 42.1. The van der Waals surface area contributed by atoms with Crippen molar-refractivity contribution < 1.29 is 42.1 Å². The highest BCUT2D eigenvalue weighted by atomic mass is 31.2. The van der Waals surface area contributed by atoms with Crippen molar-refractivity contribution in [1.29, 1.82) is 0 Å². The van der Waals surface area contributed by atoms with Crippen molar-refractivity contribution in [3.63, 3.8) is 0 Å². The van der Waals surface area contributed by atoms with Gasteiger partial charge in [0.25, 0.3) is 0 Å². The summed E-state index contributed by atoms with van der Waals surface area (Å²) in [5.41, 5.74) is 0. The number of likely N-dealkylation sites (N-methyl/N-ethyl adjacent to an activating group) is 1. The van der Waals surface area contributed by atoms with Crippen LogP contribution in [0.2, 0.25) is 0 Å². The van der Waals surface area contributed by atoms with E-state index in [0.717, 1.165) is 51.4 Å². The van der Waals surface area contributed by atoms with Crippen LogP contribution in [0.1, 0.15) is 245 Å². The summed E-state index contributed by atoms with van der Waals surface area (Å²) in [4.78, 5) is 35.5. The van der Waals surface area contributed by atoms with Crippen molar-refractivity contribution in [1.82, 2.24) is 0 Å². The maximum absolute atomic E-state index is 12.7. The minimum Gasteiger partial charge on any atom is -0.462 e. The van der Waals surface area contributed by atoms with E-state index in [1.54, 1.807) is 0 Å². The number of carbonyl (C=O) groups excluding carboxylic acids is 2. The molecule has 60 heavy (non-hydrogen) atoms. The van der Waals surface area contributed by atoms with Gasteiger partial charge in [0.1, 0.15) is 19.8 Å². The average molecular weight is 873 g/mol. The van der Waals surface area contributed by atoms with E-state index in [-0.39, 0.29) is 32.0 Å². The van der Waals surface area contributed by atoms with Crippen LogP contribution in [0.25, 0.3) is 0 Å². The van der Waals surface area contributed by atoms with E-state index >= 15 is 0 Å². The predicted octanol–water partition coefficient (Wildman–Crippen LogP) is 14.9. The number of rotatable bonds is 47. The van der Waals surface area contributed by atoms with Gasteiger partial charge in [-0.25, -0.2) is 4.57 Å². The van der Waals surface area contributed by atoms with Crippen molar-refractivity contribution in [2.24, 2.45) is 0 Å². The normalized spacial score (nSPS) is 13.5. The van der Waals surface area contributed by atoms with Crippen LogP contribution in [-0.2, 0) is 32.7 Å². The smallest absolute Gasteiger partial charge is 0.462 e. The maximum atomic E-state index is 12.7. The Morgan fingerprint density at radius 2 is 0.850 bits per heavy atom. The van der Waals surface area contributed by atoms with E-state index in [4.69, 9.17) is 18.5 Å². The Labute approximate surface area is 371 Å². The number of phosphoric ester groups is 1. The van der Waals surface area contributed by atoms with Gasteiger partial charge in [0.15, 0.2) is 6.10 Å². The van der Waals surface area contributed by atoms with E-state index < -0.39 is 26.5 Å². The summed E-state index contributed by atoms with van der Waals surface area (Å²) in [6, 6.07) is 0. The fourth-order valence-corrected chi connectivity index (χ4v) is 8.05. The third-order valence-corrected chi connectivity index (χ3v) is 12.3. The fraction of sp³-hybridized carbons (Fsp3) is 0.920. The number of carbonyl (C=O) groups is 2. The van der Waals surface area contributed by atoms with Crippen molar-refractivity contribution in [2.75, 3.05) is 47.5 Å². The second-order valence-electron chi connectivity index (χ2n) is 18.6. The van der Waals surface area contributed by atoms with Gasteiger partial charge in [-0.1, -0.05) is 206 Å². The first-order chi connectivity index (χ1) is 29.0. The first-order valence-electron chi connectivity index (χ1n) is 25.4. The number of allylic oxidation sites excluding steroid dienone is 2. The summed E-state index contributed by atoms with van der Waals surface area (Å²) in [6.45, 7) is 4.45. The van der Waals surface area contributed by atoms with Crippen molar-refractivity contribution in [3.8, 4) is 0 Å². The zero-order chi connectivity index (χ0) is 44.3. The topological polar surface area (TPSA) is 108 Å². The molecule has 0 aromatic heterocycles. The molecule has 1 N–H and O–H groups in total. The van der Waals surface area contributed by atoms with Crippen LogP contribution in [0.4, 0.5) is 0 Å². The van der Waals surface area contributed by atoms with Crippen LogP contribution in [0.5, 0.6) is 0 Å². The highest BCUT2D eigenvalue weighted by Gasteiger charge is 2.27. The Morgan fingerprint density at radius 1 is 0.500 bits per heavy atom. The minimum atomic E-state index is -4.37. The van der Waals surface area contributed by atoms with Crippen LogP contribution in [0.15, 0.2) is 12.2 Å². The van der Waals surface area contributed by atoms with Gasteiger partial charge in [0.2, 0.25) is 0 Å². The van der Waals surface area contributed by atoms with Crippen molar-refractivity contribution >= 4 is 19.8 Å². The van der Waals surface area contributed by atoms with E-state index in [1.807, 2.05) is 21.1 Å². The van der Waals surface area contributed by atoms with Gasteiger partial charge in [0.05, 0.1) is 27.7 Å². The molecule has 10 heteroatoms. The number of hydrogen-bond donors (Lipinski definition) is 1. The largest absolute Gasteiger partial charge is 0.472 e. The van der Waals surface area contributed by atoms with Crippen LogP contribution >= 0.6 is 7.82 Å². The standard InChI is InChI=1S/C50H98NO8P/c1-6-8-10-12-14-16-18-20-22-23-24-25-26-27-28-29-31-33-35-37-39-41-43-50(53)59-48(47-58-60(54,55)57-45-44-51(3,4)5)46-56-49(52)42-40-38-36-34-32-30-21-19-17-15-13-11-9-7-2/h19,21,48H,6-18,20,22-47H2,1-5H3/p+1/b21-19+/t48-/m1/s1. The molecule has 0 saturated carbocycles. The first kappa shape index (κ1) is 58.8. The van der Waals surface area contributed by atoms with E-state index in [2.05, 4.69) is 26.0 Å². The molecule has 9 nitrogen and oxygen atoms in total. The molecule has 356 valence electrons. The number of quaternary nitrogens is 1. The molecular formula is C50H99NO8P+. The summed E-state index contributed by atoms with van der Waals surface area (Å²) in [5.74, 6) is -0.794. The number of phosphoric acid groups is 1. The third kappa shape index (κ3) is 46.3.